The molecule has 2 nitrogen and oxygen atoms in total. The van der Waals surface area contributed by atoms with Gasteiger partial charge in [0.2, 0.25) is 0 Å². The lowest BCUT2D eigenvalue weighted by Crippen LogP contribution is -2.07. The summed E-state index contributed by atoms with van der Waals surface area (Å²) in [6.45, 7) is 0. The highest BCUT2D eigenvalue weighted by molar-refractivity contribution is 14.1. The molecular formula is C13H9FINO. The fourth-order valence-electron chi connectivity index (χ4n) is 1.52. The maximum atomic E-state index is 13.1. The first kappa shape index (κ1) is 12.0. The third-order valence-electron chi connectivity index (χ3n) is 2.38. The third-order valence-corrected chi connectivity index (χ3v) is 3.32. The van der Waals surface area contributed by atoms with Crippen LogP contribution in [0.1, 0.15) is 15.9 Å². The Morgan fingerprint density at radius 3 is 2.53 bits per heavy atom. The quantitative estimate of drug-likeness (QED) is 0.518. The van der Waals surface area contributed by atoms with Crippen molar-refractivity contribution >= 4 is 34.1 Å². The molecule has 0 saturated heterocycles. The largest absolute Gasteiger partial charge is 0.398 e. The number of nitrogen functional groups attached to an aromatic ring is 1. The van der Waals surface area contributed by atoms with Crippen molar-refractivity contribution in [3.8, 4) is 0 Å². The van der Waals surface area contributed by atoms with Gasteiger partial charge in [0.15, 0.2) is 5.78 Å². The average molecular weight is 341 g/mol. The Kier molecular flexibility index (Phi) is 3.42. The fourth-order valence-corrected chi connectivity index (χ4v) is 2.15. The molecule has 0 spiro atoms. The number of halogens is 2. The Morgan fingerprint density at radius 2 is 1.82 bits per heavy atom. The van der Waals surface area contributed by atoms with Crippen LogP contribution in [0.15, 0.2) is 42.5 Å². The first-order chi connectivity index (χ1) is 8.09. The Labute approximate surface area is 112 Å². The van der Waals surface area contributed by atoms with Gasteiger partial charge in [-0.15, -0.1) is 0 Å². The normalized spacial score (nSPS) is 10.2. The first-order valence-electron chi connectivity index (χ1n) is 4.94. The lowest BCUT2D eigenvalue weighted by molar-refractivity contribution is 0.103. The second-order valence-corrected chi connectivity index (χ2v) is 4.70. The highest BCUT2D eigenvalue weighted by atomic mass is 127. The van der Waals surface area contributed by atoms with Crippen LogP contribution in [0.4, 0.5) is 10.1 Å². The molecule has 0 heterocycles. The number of rotatable bonds is 2. The van der Waals surface area contributed by atoms with Gasteiger partial charge in [-0.25, -0.2) is 4.39 Å². The third kappa shape index (κ3) is 2.46. The summed E-state index contributed by atoms with van der Waals surface area (Å²) in [4.78, 5) is 12.2. The molecule has 2 aromatic rings. The number of ketones is 1. The van der Waals surface area contributed by atoms with E-state index in [4.69, 9.17) is 5.73 Å². The van der Waals surface area contributed by atoms with Gasteiger partial charge in [-0.05, 0) is 52.9 Å². The molecule has 0 atom stereocenters. The van der Waals surface area contributed by atoms with Crippen LogP contribution in [0.5, 0.6) is 0 Å². The molecule has 2 N–H and O–H groups in total. The van der Waals surface area contributed by atoms with E-state index in [0.29, 0.717) is 5.56 Å². The van der Waals surface area contributed by atoms with Crippen LogP contribution in [0.2, 0.25) is 0 Å². The van der Waals surface area contributed by atoms with Gasteiger partial charge in [0.05, 0.1) is 0 Å². The number of hydrogen-bond donors (Lipinski definition) is 1. The van der Waals surface area contributed by atoms with Gasteiger partial charge in [-0.3, -0.25) is 4.79 Å². The zero-order valence-electron chi connectivity index (χ0n) is 8.78. The highest BCUT2D eigenvalue weighted by Gasteiger charge is 2.15. The highest BCUT2D eigenvalue weighted by Crippen LogP contribution is 2.21. The number of carbonyl (C=O) groups excluding carboxylic acids is 1. The fraction of sp³-hybridized carbons (Fsp3) is 0. The minimum absolute atomic E-state index is 0.203. The molecule has 0 fully saturated rings. The van der Waals surface area contributed by atoms with E-state index in [1.165, 1.54) is 18.2 Å². The van der Waals surface area contributed by atoms with Crippen LogP contribution < -0.4 is 5.73 Å². The molecule has 2 aromatic carbocycles. The van der Waals surface area contributed by atoms with E-state index in [-0.39, 0.29) is 17.0 Å². The van der Waals surface area contributed by atoms with Gasteiger partial charge in [0, 0.05) is 20.4 Å². The Morgan fingerprint density at radius 1 is 1.12 bits per heavy atom. The molecule has 0 unspecified atom stereocenters. The molecule has 86 valence electrons. The minimum Gasteiger partial charge on any atom is -0.398 e. The van der Waals surface area contributed by atoms with E-state index >= 15 is 0 Å². The van der Waals surface area contributed by atoms with Gasteiger partial charge in [0.25, 0.3) is 0 Å². The summed E-state index contributed by atoms with van der Waals surface area (Å²) < 4.78 is 13.9. The van der Waals surface area contributed by atoms with Crippen molar-refractivity contribution in [3.05, 3.63) is 63.0 Å². The van der Waals surface area contributed by atoms with Crippen molar-refractivity contribution in [3.63, 3.8) is 0 Å². The Bertz CT molecular complexity index is 583. The molecule has 0 aliphatic carbocycles. The molecule has 2 rings (SSSR count). The van der Waals surface area contributed by atoms with Crippen LogP contribution in [0, 0.1) is 9.39 Å². The summed E-state index contributed by atoms with van der Waals surface area (Å²) in [6.07, 6.45) is 0. The average Bonchev–Trinajstić information content (AvgIpc) is 2.32. The minimum atomic E-state index is -0.464. The molecule has 0 aromatic heterocycles. The van der Waals surface area contributed by atoms with E-state index < -0.39 is 5.82 Å². The lowest BCUT2D eigenvalue weighted by atomic mass is 10.0. The summed E-state index contributed by atoms with van der Waals surface area (Å²) in [7, 11) is 0. The van der Waals surface area contributed by atoms with E-state index in [1.54, 1.807) is 12.1 Å². The molecule has 17 heavy (non-hydrogen) atoms. The predicted octanol–water partition coefficient (Wildman–Crippen LogP) is 3.24. The number of benzene rings is 2. The molecular weight excluding hydrogens is 332 g/mol. The first-order valence-corrected chi connectivity index (χ1v) is 6.01. The SMILES string of the molecule is Nc1ccc(F)cc1C(=O)c1ccccc1I. The second-order valence-electron chi connectivity index (χ2n) is 3.54. The number of carbonyl (C=O) groups is 1. The zero-order valence-corrected chi connectivity index (χ0v) is 10.9. The molecule has 0 aliphatic heterocycles. The number of hydrogen-bond acceptors (Lipinski definition) is 2. The van der Waals surface area contributed by atoms with Crippen molar-refractivity contribution in [2.45, 2.75) is 0 Å². The van der Waals surface area contributed by atoms with Gasteiger partial charge < -0.3 is 5.73 Å². The molecule has 0 bridgehead atoms. The Balaban J connectivity index is 2.51. The monoisotopic (exact) mass is 341 g/mol. The van der Waals surface area contributed by atoms with Crippen molar-refractivity contribution < 1.29 is 9.18 Å². The van der Waals surface area contributed by atoms with E-state index in [9.17, 15) is 9.18 Å². The molecule has 0 saturated carbocycles. The molecule has 4 heteroatoms. The van der Waals surface area contributed by atoms with E-state index in [1.807, 2.05) is 12.1 Å². The summed E-state index contributed by atoms with van der Waals surface area (Å²) in [5.41, 5.74) is 6.71. The number of nitrogens with two attached hydrogens (primary N) is 1. The van der Waals surface area contributed by atoms with Crippen LogP contribution in [0.25, 0.3) is 0 Å². The van der Waals surface area contributed by atoms with Gasteiger partial charge >= 0.3 is 0 Å². The van der Waals surface area contributed by atoms with Gasteiger partial charge in [0.1, 0.15) is 5.82 Å². The van der Waals surface area contributed by atoms with Crippen molar-refractivity contribution in [2.24, 2.45) is 0 Å². The van der Waals surface area contributed by atoms with Crippen molar-refractivity contribution in [2.75, 3.05) is 5.73 Å². The zero-order chi connectivity index (χ0) is 12.4. The summed E-state index contributed by atoms with van der Waals surface area (Å²) >= 11 is 2.07. The van der Waals surface area contributed by atoms with Gasteiger partial charge in [-0.1, -0.05) is 12.1 Å². The van der Waals surface area contributed by atoms with E-state index in [0.717, 1.165) is 3.57 Å². The topological polar surface area (TPSA) is 43.1 Å². The van der Waals surface area contributed by atoms with Crippen molar-refractivity contribution in [1.29, 1.82) is 0 Å². The molecule has 0 radical (unpaired) electrons. The van der Waals surface area contributed by atoms with Crippen LogP contribution >= 0.6 is 22.6 Å². The smallest absolute Gasteiger partial charge is 0.196 e. The van der Waals surface area contributed by atoms with Gasteiger partial charge in [-0.2, -0.15) is 0 Å². The van der Waals surface area contributed by atoms with Crippen LogP contribution in [0.3, 0.4) is 0 Å². The Hall–Kier alpha value is -1.43. The molecule has 0 aliphatic rings. The summed E-state index contributed by atoms with van der Waals surface area (Å²) in [5, 5.41) is 0. The molecule has 0 amide bonds. The maximum absolute atomic E-state index is 13.1. The predicted molar refractivity (Wildman–Crippen MR) is 73.4 cm³/mol. The van der Waals surface area contributed by atoms with Crippen LogP contribution in [-0.4, -0.2) is 5.78 Å². The maximum Gasteiger partial charge on any atom is 0.196 e. The number of anilines is 1. The summed E-state index contributed by atoms with van der Waals surface area (Å²) in [6, 6.07) is 10.9. The van der Waals surface area contributed by atoms with Crippen LogP contribution in [-0.2, 0) is 0 Å². The lowest BCUT2D eigenvalue weighted by Gasteiger charge is -2.06. The second kappa shape index (κ2) is 4.83. The standard InChI is InChI=1S/C13H9FINO/c14-8-5-6-12(16)10(7-8)13(17)9-3-1-2-4-11(9)15/h1-7H,16H2. The van der Waals surface area contributed by atoms with E-state index in [2.05, 4.69) is 22.6 Å². The summed E-state index contributed by atoms with van der Waals surface area (Å²) in [5.74, 6) is -0.722. The van der Waals surface area contributed by atoms with Crippen molar-refractivity contribution in [1.82, 2.24) is 0 Å².